The molecule has 2 amide bonds. The van der Waals surface area contributed by atoms with E-state index in [0.717, 1.165) is 56.1 Å². The maximum absolute atomic E-state index is 15.5. The minimum atomic E-state index is -0.623. The number of aromatic nitrogens is 2. The molecule has 4 aliphatic rings. The molecule has 3 aliphatic heterocycles. The molecule has 1 N–H and O–H groups in total. The fourth-order valence-corrected chi connectivity index (χ4v) is 7.06. The maximum Gasteiger partial charge on any atom is 0.254 e. The number of hydrogen-bond donors (Lipinski definition) is 1. The van der Waals surface area contributed by atoms with Crippen LogP contribution in [0.4, 0.5) is 4.39 Å². The molecule has 4 fully saturated rings. The highest BCUT2D eigenvalue weighted by Gasteiger charge is 2.54. The first-order chi connectivity index (χ1) is 21.6. The Balaban J connectivity index is 1.07. The zero-order valence-corrected chi connectivity index (χ0v) is 26.1. The van der Waals surface area contributed by atoms with Crippen molar-refractivity contribution in [3.05, 3.63) is 71.2 Å². The molecule has 1 spiro atoms. The molecule has 9 nitrogen and oxygen atoms in total. The average molecular weight is 614 g/mol. The van der Waals surface area contributed by atoms with Crippen molar-refractivity contribution in [1.82, 2.24) is 25.3 Å². The van der Waals surface area contributed by atoms with Gasteiger partial charge in [-0.05, 0) is 78.6 Å². The second-order valence-electron chi connectivity index (χ2n) is 13.8. The maximum atomic E-state index is 15.5. The number of ether oxygens (including phenoxy) is 2. The van der Waals surface area contributed by atoms with E-state index in [-0.39, 0.29) is 35.4 Å². The molecule has 4 heterocycles. The topological polar surface area (TPSA) is 96.9 Å². The van der Waals surface area contributed by atoms with Crippen molar-refractivity contribution in [3.8, 4) is 22.8 Å². The highest BCUT2D eigenvalue weighted by atomic mass is 19.1. The average Bonchev–Trinajstić information content (AvgIpc) is 3.27. The van der Waals surface area contributed by atoms with E-state index in [1.807, 2.05) is 43.3 Å². The van der Waals surface area contributed by atoms with Crippen molar-refractivity contribution in [2.75, 3.05) is 32.8 Å². The van der Waals surface area contributed by atoms with Gasteiger partial charge in [-0.3, -0.25) is 14.5 Å². The predicted molar refractivity (Wildman–Crippen MR) is 166 cm³/mol. The van der Waals surface area contributed by atoms with Crippen LogP contribution in [-0.2, 0) is 16.1 Å². The van der Waals surface area contributed by atoms with Gasteiger partial charge < -0.3 is 19.7 Å². The summed E-state index contributed by atoms with van der Waals surface area (Å²) in [4.78, 5) is 30.1. The largest absolute Gasteiger partial charge is 0.457 e. The van der Waals surface area contributed by atoms with Crippen molar-refractivity contribution >= 4 is 11.8 Å². The Labute approximate surface area is 263 Å². The van der Waals surface area contributed by atoms with Gasteiger partial charge in [0.05, 0.1) is 36.2 Å². The van der Waals surface area contributed by atoms with Crippen LogP contribution in [0, 0.1) is 17.2 Å². The molecular weight excluding hydrogens is 573 g/mol. The summed E-state index contributed by atoms with van der Waals surface area (Å²) >= 11 is 0. The summed E-state index contributed by atoms with van der Waals surface area (Å²) < 4.78 is 27.1. The van der Waals surface area contributed by atoms with Gasteiger partial charge in [-0.15, -0.1) is 0 Å². The van der Waals surface area contributed by atoms with Gasteiger partial charge in [-0.2, -0.15) is 10.2 Å². The Morgan fingerprint density at radius 1 is 1.11 bits per heavy atom. The van der Waals surface area contributed by atoms with E-state index < -0.39 is 11.7 Å². The molecule has 0 radical (unpaired) electrons. The van der Waals surface area contributed by atoms with Crippen LogP contribution in [0.2, 0.25) is 0 Å². The molecule has 45 heavy (non-hydrogen) atoms. The molecule has 1 aromatic heterocycles. The van der Waals surface area contributed by atoms with Crippen LogP contribution in [0.25, 0.3) is 11.3 Å². The minimum Gasteiger partial charge on any atom is -0.457 e. The van der Waals surface area contributed by atoms with Crippen molar-refractivity contribution in [3.63, 3.8) is 0 Å². The van der Waals surface area contributed by atoms with E-state index in [1.54, 1.807) is 4.90 Å². The molecule has 0 unspecified atom stereocenters. The fourth-order valence-electron chi connectivity index (χ4n) is 7.06. The summed E-state index contributed by atoms with van der Waals surface area (Å²) in [6.45, 7) is 10.7. The van der Waals surface area contributed by atoms with Gasteiger partial charge in [0.25, 0.3) is 5.91 Å². The fraction of sp³-hybridized carbons (Fsp3) is 0.486. The van der Waals surface area contributed by atoms with E-state index >= 15 is 4.39 Å². The van der Waals surface area contributed by atoms with Crippen LogP contribution in [0.5, 0.6) is 11.5 Å². The number of halogens is 1. The highest BCUT2D eigenvalue weighted by molar-refractivity contribution is 5.95. The lowest BCUT2D eigenvalue weighted by Crippen LogP contribution is -2.70. The van der Waals surface area contributed by atoms with Crippen LogP contribution in [0.15, 0.2) is 48.5 Å². The van der Waals surface area contributed by atoms with Crippen LogP contribution < -0.4 is 10.1 Å². The van der Waals surface area contributed by atoms with Crippen LogP contribution in [-0.4, -0.2) is 76.7 Å². The smallest absolute Gasteiger partial charge is 0.254 e. The molecule has 1 atom stereocenters. The van der Waals surface area contributed by atoms with Gasteiger partial charge in [0.1, 0.15) is 17.3 Å². The molecule has 10 heteroatoms. The molecule has 7 rings (SSSR count). The Bertz CT molecular complexity index is 1580. The molecular formula is C35H40FN5O4. The summed E-state index contributed by atoms with van der Waals surface area (Å²) in [6, 6.07) is 14.7. The SMILES string of the molecule is CC(C)c1ccc(-c2ccc(Oc3cc(C(=O)NC4CC5(C4)CN(C4COC4)C5)c(F)cc3CN3C[C@@H](C)CC3=O)cc2)nn1. The number of nitrogens with one attached hydrogen (secondary N) is 1. The Morgan fingerprint density at radius 2 is 1.87 bits per heavy atom. The molecule has 1 saturated carbocycles. The van der Waals surface area contributed by atoms with Gasteiger partial charge in [-0.25, -0.2) is 4.39 Å². The van der Waals surface area contributed by atoms with E-state index in [9.17, 15) is 9.59 Å². The lowest BCUT2D eigenvalue weighted by atomic mass is 9.60. The third-order valence-electron chi connectivity index (χ3n) is 9.73. The molecule has 236 valence electrons. The third-order valence-corrected chi connectivity index (χ3v) is 9.73. The highest BCUT2D eigenvalue weighted by Crippen LogP contribution is 2.49. The lowest BCUT2D eigenvalue weighted by Gasteiger charge is -2.62. The predicted octanol–water partition coefficient (Wildman–Crippen LogP) is 5.16. The number of nitrogens with zero attached hydrogens (tertiary/aromatic N) is 4. The van der Waals surface area contributed by atoms with Crippen molar-refractivity contribution in [2.24, 2.45) is 11.3 Å². The number of carbonyl (C=O) groups is 2. The van der Waals surface area contributed by atoms with Crippen LogP contribution in [0.1, 0.15) is 67.6 Å². The summed E-state index contributed by atoms with van der Waals surface area (Å²) in [7, 11) is 0. The Hall–Kier alpha value is -3.89. The zero-order valence-electron chi connectivity index (χ0n) is 26.1. The number of likely N-dealkylation sites (tertiary alicyclic amines) is 2. The lowest BCUT2D eigenvalue weighted by molar-refractivity contribution is -0.159. The molecule has 3 saturated heterocycles. The van der Waals surface area contributed by atoms with Crippen molar-refractivity contribution < 1.29 is 23.5 Å². The van der Waals surface area contributed by atoms with Crippen LogP contribution >= 0.6 is 0 Å². The van der Waals surface area contributed by atoms with E-state index in [1.165, 1.54) is 12.1 Å². The van der Waals surface area contributed by atoms with Gasteiger partial charge in [-0.1, -0.05) is 20.8 Å². The third kappa shape index (κ3) is 6.05. The molecule has 3 aromatic rings. The Morgan fingerprint density at radius 3 is 2.47 bits per heavy atom. The number of amides is 2. The van der Waals surface area contributed by atoms with Gasteiger partial charge in [0.2, 0.25) is 5.91 Å². The summed E-state index contributed by atoms with van der Waals surface area (Å²) in [5.41, 5.74) is 3.28. The first-order valence-corrected chi connectivity index (χ1v) is 16.0. The number of rotatable bonds is 9. The van der Waals surface area contributed by atoms with E-state index in [4.69, 9.17) is 9.47 Å². The monoisotopic (exact) mass is 613 g/mol. The Kier molecular flexibility index (Phi) is 7.81. The summed E-state index contributed by atoms with van der Waals surface area (Å²) in [6.07, 6.45) is 2.27. The van der Waals surface area contributed by atoms with Crippen molar-refractivity contribution in [1.29, 1.82) is 0 Å². The second kappa shape index (κ2) is 11.8. The standard InChI is InChI=1S/C35H40FN5O4/c1-21(2)30-8-9-31(39-38-30)23-4-6-27(7-5-23)45-32-12-28(29(36)11-24(32)16-40-15-22(3)10-33(40)42)34(43)37-25-13-35(14-25)19-41(20-35)26-17-44-18-26/h4-9,11-12,21-22,25-26H,10,13-20H2,1-3H3,(H,37,43)/t22-/m0/s1. The number of benzene rings is 2. The molecule has 2 aromatic carbocycles. The summed E-state index contributed by atoms with van der Waals surface area (Å²) in [5, 5.41) is 11.7. The first-order valence-electron chi connectivity index (χ1n) is 16.0. The summed E-state index contributed by atoms with van der Waals surface area (Å²) in [5.74, 6) is 0.368. The zero-order chi connectivity index (χ0) is 31.3. The van der Waals surface area contributed by atoms with Gasteiger partial charge in [0.15, 0.2) is 0 Å². The van der Waals surface area contributed by atoms with E-state index in [0.29, 0.717) is 42.0 Å². The number of carbonyl (C=O) groups excluding carboxylic acids is 2. The normalized spacial score (nSPS) is 21.5. The first kappa shape index (κ1) is 29.8. The quantitative estimate of drug-likeness (QED) is 0.356. The second-order valence-corrected chi connectivity index (χ2v) is 13.8. The van der Waals surface area contributed by atoms with Gasteiger partial charge >= 0.3 is 0 Å². The van der Waals surface area contributed by atoms with Crippen molar-refractivity contribution in [2.45, 2.75) is 64.6 Å². The minimum absolute atomic E-state index is 0.0229. The van der Waals surface area contributed by atoms with E-state index in [2.05, 4.69) is 34.3 Å². The molecule has 1 aliphatic carbocycles. The van der Waals surface area contributed by atoms with Gasteiger partial charge in [0, 0.05) is 49.8 Å². The van der Waals surface area contributed by atoms with Crippen LogP contribution in [0.3, 0.4) is 0 Å². The number of hydrogen-bond acceptors (Lipinski definition) is 7. The molecule has 0 bridgehead atoms.